The Morgan fingerprint density at radius 3 is 2.21 bits per heavy atom. The Labute approximate surface area is 196 Å². The first kappa shape index (κ1) is 24.5. The standard InChI is InChI=1S/C23H22N2O8S/c1-24(14-15-32-20-12-10-19(31-2)11-13-20)23(26)17-6-8-21(9-7-17)33-34(29,30)22-5-3-4-18(16-22)25(27)28/h3-13,16H,14-15H2,1-2H3. The van der Waals surface area contributed by atoms with Crippen LogP contribution in [0.25, 0.3) is 0 Å². The maximum Gasteiger partial charge on any atom is 0.339 e. The smallest absolute Gasteiger partial charge is 0.339 e. The van der Waals surface area contributed by atoms with Gasteiger partial charge in [0.25, 0.3) is 11.6 Å². The molecule has 10 nitrogen and oxygen atoms in total. The molecule has 34 heavy (non-hydrogen) atoms. The zero-order valence-corrected chi connectivity index (χ0v) is 19.2. The highest BCUT2D eigenvalue weighted by atomic mass is 32.2. The monoisotopic (exact) mass is 486 g/mol. The van der Waals surface area contributed by atoms with Gasteiger partial charge in [-0.3, -0.25) is 14.9 Å². The molecule has 3 aromatic rings. The predicted molar refractivity (Wildman–Crippen MR) is 123 cm³/mol. The third-order valence-electron chi connectivity index (χ3n) is 4.73. The number of nitro groups is 1. The molecule has 0 fully saturated rings. The van der Waals surface area contributed by atoms with E-state index < -0.39 is 15.0 Å². The van der Waals surface area contributed by atoms with E-state index in [1.807, 2.05) is 0 Å². The molecule has 0 aliphatic rings. The van der Waals surface area contributed by atoms with Gasteiger partial charge in [0.15, 0.2) is 0 Å². The number of benzene rings is 3. The molecule has 0 unspecified atom stereocenters. The molecule has 0 saturated heterocycles. The Morgan fingerprint density at radius 1 is 0.971 bits per heavy atom. The molecular weight excluding hydrogens is 464 g/mol. The normalized spacial score (nSPS) is 10.9. The lowest BCUT2D eigenvalue weighted by atomic mass is 10.2. The predicted octanol–water partition coefficient (Wildman–Crippen LogP) is 3.52. The Hall–Kier alpha value is -4.12. The molecule has 0 atom stereocenters. The second kappa shape index (κ2) is 10.7. The third kappa shape index (κ3) is 6.23. The van der Waals surface area contributed by atoms with Gasteiger partial charge in [-0.05, 0) is 54.6 Å². The fraction of sp³-hybridized carbons (Fsp3) is 0.174. The molecule has 0 aliphatic heterocycles. The minimum atomic E-state index is -4.29. The maximum absolute atomic E-state index is 12.6. The number of ether oxygens (including phenoxy) is 2. The van der Waals surface area contributed by atoms with E-state index in [1.54, 1.807) is 38.4 Å². The summed E-state index contributed by atoms with van der Waals surface area (Å²) in [5, 5.41) is 10.9. The van der Waals surface area contributed by atoms with E-state index in [1.165, 1.54) is 47.4 Å². The van der Waals surface area contributed by atoms with Crippen molar-refractivity contribution in [1.29, 1.82) is 0 Å². The van der Waals surface area contributed by atoms with Crippen LogP contribution in [0.2, 0.25) is 0 Å². The number of nitrogens with zero attached hydrogens (tertiary/aromatic N) is 2. The molecule has 0 N–H and O–H groups in total. The van der Waals surface area contributed by atoms with Gasteiger partial charge in [0, 0.05) is 24.7 Å². The highest BCUT2D eigenvalue weighted by Crippen LogP contribution is 2.23. The van der Waals surface area contributed by atoms with E-state index in [9.17, 15) is 23.3 Å². The van der Waals surface area contributed by atoms with Crippen LogP contribution in [0, 0.1) is 10.1 Å². The average molecular weight is 487 g/mol. The van der Waals surface area contributed by atoms with Crippen molar-refractivity contribution in [3.63, 3.8) is 0 Å². The van der Waals surface area contributed by atoms with E-state index in [0.717, 1.165) is 6.07 Å². The number of rotatable bonds is 10. The second-order valence-electron chi connectivity index (χ2n) is 7.07. The van der Waals surface area contributed by atoms with E-state index in [-0.39, 0.29) is 28.8 Å². The number of non-ortho nitro benzene ring substituents is 1. The van der Waals surface area contributed by atoms with Crippen molar-refractivity contribution in [2.24, 2.45) is 0 Å². The number of nitro benzene ring substituents is 1. The summed E-state index contributed by atoms with van der Waals surface area (Å²) in [5.41, 5.74) is -0.0447. The summed E-state index contributed by atoms with van der Waals surface area (Å²) < 4.78 is 40.6. The van der Waals surface area contributed by atoms with Crippen molar-refractivity contribution in [2.75, 3.05) is 27.3 Å². The largest absolute Gasteiger partial charge is 0.497 e. The molecule has 0 saturated carbocycles. The molecule has 0 bridgehead atoms. The van der Waals surface area contributed by atoms with Gasteiger partial charge in [-0.1, -0.05) is 6.07 Å². The number of hydrogen-bond acceptors (Lipinski definition) is 8. The zero-order valence-electron chi connectivity index (χ0n) is 18.4. The molecule has 0 spiro atoms. The molecule has 3 rings (SSSR count). The van der Waals surface area contributed by atoms with Crippen molar-refractivity contribution >= 4 is 21.7 Å². The summed E-state index contributed by atoms with van der Waals surface area (Å²) in [4.78, 5) is 23.9. The summed E-state index contributed by atoms with van der Waals surface area (Å²) in [6.07, 6.45) is 0. The van der Waals surface area contributed by atoms with Crippen LogP contribution in [0.5, 0.6) is 17.2 Å². The molecule has 1 amide bonds. The van der Waals surface area contributed by atoms with E-state index in [0.29, 0.717) is 23.6 Å². The van der Waals surface area contributed by atoms with Crippen LogP contribution in [0.1, 0.15) is 10.4 Å². The number of carbonyl (C=O) groups is 1. The van der Waals surface area contributed by atoms with E-state index in [4.69, 9.17) is 13.7 Å². The van der Waals surface area contributed by atoms with Crippen LogP contribution in [0.4, 0.5) is 5.69 Å². The molecule has 178 valence electrons. The minimum absolute atomic E-state index is 0.0338. The molecule has 11 heteroatoms. The van der Waals surface area contributed by atoms with Crippen LogP contribution in [0.15, 0.2) is 77.7 Å². The van der Waals surface area contributed by atoms with Crippen LogP contribution in [-0.4, -0.2) is 51.5 Å². The zero-order chi connectivity index (χ0) is 24.7. The number of amides is 1. The van der Waals surface area contributed by atoms with Crippen molar-refractivity contribution in [1.82, 2.24) is 4.90 Å². The van der Waals surface area contributed by atoms with Crippen molar-refractivity contribution in [3.8, 4) is 17.2 Å². The highest BCUT2D eigenvalue weighted by Gasteiger charge is 2.20. The van der Waals surface area contributed by atoms with Crippen LogP contribution in [-0.2, 0) is 10.1 Å². The second-order valence-corrected chi connectivity index (χ2v) is 8.61. The van der Waals surface area contributed by atoms with Gasteiger partial charge in [0.2, 0.25) is 0 Å². The first-order valence-corrected chi connectivity index (χ1v) is 11.4. The van der Waals surface area contributed by atoms with Crippen LogP contribution >= 0.6 is 0 Å². The van der Waals surface area contributed by atoms with Gasteiger partial charge < -0.3 is 18.6 Å². The fourth-order valence-corrected chi connectivity index (χ4v) is 3.85. The molecule has 0 radical (unpaired) electrons. The van der Waals surface area contributed by atoms with E-state index in [2.05, 4.69) is 0 Å². The summed E-state index contributed by atoms with van der Waals surface area (Å²) in [6, 6.07) is 17.2. The molecule has 0 aromatic heterocycles. The molecule has 0 aliphatic carbocycles. The van der Waals surface area contributed by atoms with Crippen molar-refractivity contribution in [2.45, 2.75) is 4.90 Å². The van der Waals surface area contributed by atoms with E-state index >= 15 is 0 Å². The topological polar surface area (TPSA) is 125 Å². The Morgan fingerprint density at radius 2 is 1.59 bits per heavy atom. The van der Waals surface area contributed by atoms with Crippen molar-refractivity contribution in [3.05, 3.63) is 88.5 Å². The van der Waals surface area contributed by atoms with Gasteiger partial charge in [-0.25, -0.2) is 0 Å². The molecular formula is C23H22N2O8S. The van der Waals surface area contributed by atoms with Gasteiger partial charge in [-0.15, -0.1) is 0 Å². The number of methoxy groups -OCH3 is 1. The summed E-state index contributed by atoms with van der Waals surface area (Å²) in [7, 11) is -1.09. The lowest BCUT2D eigenvalue weighted by Crippen LogP contribution is -2.30. The van der Waals surface area contributed by atoms with Gasteiger partial charge in [-0.2, -0.15) is 8.42 Å². The van der Waals surface area contributed by atoms with Crippen LogP contribution < -0.4 is 13.7 Å². The molecule has 0 heterocycles. The Bertz CT molecular complexity index is 1260. The third-order valence-corrected chi connectivity index (χ3v) is 5.97. The first-order chi connectivity index (χ1) is 16.2. The fourth-order valence-electron chi connectivity index (χ4n) is 2.87. The van der Waals surface area contributed by atoms with Gasteiger partial charge in [0.05, 0.1) is 18.6 Å². The average Bonchev–Trinajstić information content (AvgIpc) is 2.84. The van der Waals surface area contributed by atoms with Crippen molar-refractivity contribution < 1.29 is 31.8 Å². The quantitative estimate of drug-likeness (QED) is 0.242. The number of carbonyl (C=O) groups excluding carboxylic acids is 1. The summed E-state index contributed by atoms with van der Waals surface area (Å²) in [6.45, 7) is 0.599. The van der Waals surface area contributed by atoms with Gasteiger partial charge in [0.1, 0.15) is 28.8 Å². The highest BCUT2D eigenvalue weighted by molar-refractivity contribution is 7.87. The lowest BCUT2D eigenvalue weighted by Gasteiger charge is -2.18. The Kier molecular flexibility index (Phi) is 7.69. The maximum atomic E-state index is 12.6. The Balaban J connectivity index is 1.57. The molecule has 3 aromatic carbocycles. The van der Waals surface area contributed by atoms with Gasteiger partial charge >= 0.3 is 10.1 Å². The summed E-state index contributed by atoms with van der Waals surface area (Å²) in [5.74, 6) is 1.04. The number of likely N-dealkylation sites (N-methyl/N-ethyl adjacent to an activating group) is 1. The first-order valence-electron chi connectivity index (χ1n) is 10.0. The lowest BCUT2D eigenvalue weighted by molar-refractivity contribution is -0.385. The summed E-state index contributed by atoms with van der Waals surface area (Å²) >= 11 is 0. The number of hydrogen-bond donors (Lipinski definition) is 0. The minimum Gasteiger partial charge on any atom is -0.497 e. The SMILES string of the molecule is COc1ccc(OCCN(C)C(=O)c2ccc(OS(=O)(=O)c3cccc([N+](=O)[O-])c3)cc2)cc1. The van der Waals surface area contributed by atoms with Crippen LogP contribution in [0.3, 0.4) is 0 Å².